The van der Waals surface area contributed by atoms with E-state index in [9.17, 15) is 18.0 Å². The molecule has 0 radical (unpaired) electrons. The van der Waals surface area contributed by atoms with Gasteiger partial charge in [0.25, 0.3) is 5.56 Å². The van der Waals surface area contributed by atoms with Crippen molar-refractivity contribution < 1.29 is 13.2 Å². The Hall–Kier alpha value is -1.83. The standard InChI is InChI=1S/C10H5BrF3N3O/c11-8-9(15-3-16-10(8)18)17-7-2-5(13)4(12)1-6(7)14/h1-3H,(H2,15,16,17,18). The molecule has 2 N–H and O–H groups in total. The topological polar surface area (TPSA) is 57.8 Å². The summed E-state index contributed by atoms with van der Waals surface area (Å²) in [5.41, 5.74) is -0.816. The Morgan fingerprint density at radius 1 is 1.17 bits per heavy atom. The monoisotopic (exact) mass is 319 g/mol. The van der Waals surface area contributed by atoms with Gasteiger partial charge < -0.3 is 10.3 Å². The molecule has 1 heterocycles. The average Bonchev–Trinajstić information content (AvgIpc) is 2.32. The fourth-order valence-corrected chi connectivity index (χ4v) is 1.53. The van der Waals surface area contributed by atoms with E-state index in [4.69, 9.17) is 0 Å². The third-order valence-corrected chi connectivity index (χ3v) is 2.80. The minimum absolute atomic E-state index is 0.0105. The predicted octanol–water partition coefficient (Wildman–Crippen LogP) is 2.69. The lowest BCUT2D eigenvalue weighted by molar-refractivity contribution is 0.496. The second-order valence-corrected chi connectivity index (χ2v) is 4.06. The first-order valence-electron chi connectivity index (χ1n) is 4.64. The molecule has 4 nitrogen and oxygen atoms in total. The van der Waals surface area contributed by atoms with E-state index in [1.165, 1.54) is 0 Å². The van der Waals surface area contributed by atoms with E-state index >= 15 is 0 Å². The van der Waals surface area contributed by atoms with Crippen molar-refractivity contribution in [3.05, 3.63) is 50.7 Å². The van der Waals surface area contributed by atoms with Crippen molar-refractivity contribution in [1.29, 1.82) is 0 Å². The number of rotatable bonds is 2. The van der Waals surface area contributed by atoms with E-state index < -0.39 is 23.0 Å². The van der Waals surface area contributed by atoms with Crippen LogP contribution in [-0.4, -0.2) is 9.97 Å². The van der Waals surface area contributed by atoms with Gasteiger partial charge in [0.15, 0.2) is 17.5 Å². The normalized spacial score (nSPS) is 10.4. The van der Waals surface area contributed by atoms with Crippen molar-refractivity contribution in [3.8, 4) is 0 Å². The average molecular weight is 320 g/mol. The number of hydrogen-bond donors (Lipinski definition) is 2. The Bertz CT molecular complexity index is 659. The molecule has 1 aromatic heterocycles. The van der Waals surface area contributed by atoms with Crippen LogP contribution in [0.25, 0.3) is 0 Å². The molecule has 0 saturated carbocycles. The molecule has 0 atom stereocenters. The first-order chi connectivity index (χ1) is 8.49. The van der Waals surface area contributed by atoms with Gasteiger partial charge in [-0.3, -0.25) is 4.79 Å². The molecule has 8 heteroatoms. The van der Waals surface area contributed by atoms with Gasteiger partial charge in [0.2, 0.25) is 0 Å². The van der Waals surface area contributed by atoms with Crippen LogP contribution < -0.4 is 10.9 Å². The maximum atomic E-state index is 13.4. The number of aromatic nitrogens is 2. The van der Waals surface area contributed by atoms with Crippen molar-refractivity contribution in [2.75, 3.05) is 5.32 Å². The molecule has 94 valence electrons. The lowest BCUT2D eigenvalue weighted by atomic mass is 10.3. The summed E-state index contributed by atoms with van der Waals surface area (Å²) in [5, 5.41) is 2.39. The van der Waals surface area contributed by atoms with Crippen LogP contribution in [0.2, 0.25) is 0 Å². The van der Waals surface area contributed by atoms with Gasteiger partial charge in [0.1, 0.15) is 10.3 Å². The summed E-state index contributed by atoms with van der Waals surface area (Å²) in [6.07, 6.45) is 1.09. The molecular formula is C10H5BrF3N3O. The fourth-order valence-electron chi connectivity index (χ4n) is 1.22. The summed E-state index contributed by atoms with van der Waals surface area (Å²) in [4.78, 5) is 17.2. The molecule has 0 saturated heterocycles. The third-order valence-electron chi connectivity index (χ3n) is 2.06. The SMILES string of the molecule is O=c1[nH]cnc(Nc2cc(F)c(F)cc2F)c1Br. The largest absolute Gasteiger partial charge is 0.337 e. The number of hydrogen-bond acceptors (Lipinski definition) is 3. The van der Waals surface area contributed by atoms with E-state index in [0.29, 0.717) is 12.1 Å². The second kappa shape index (κ2) is 4.81. The van der Waals surface area contributed by atoms with Gasteiger partial charge in [-0.05, 0) is 15.9 Å². The number of H-pyrrole nitrogens is 1. The highest BCUT2D eigenvalue weighted by atomic mass is 79.9. The van der Waals surface area contributed by atoms with Gasteiger partial charge in [-0.15, -0.1) is 0 Å². The van der Waals surface area contributed by atoms with E-state index in [1.54, 1.807) is 0 Å². The Morgan fingerprint density at radius 3 is 2.56 bits per heavy atom. The summed E-state index contributed by atoms with van der Waals surface area (Å²) >= 11 is 2.94. The molecule has 0 bridgehead atoms. The van der Waals surface area contributed by atoms with Crippen LogP contribution in [0.15, 0.2) is 27.7 Å². The molecular weight excluding hydrogens is 315 g/mol. The van der Waals surface area contributed by atoms with Crippen LogP contribution in [0.3, 0.4) is 0 Å². The van der Waals surface area contributed by atoms with Crippen molar-refractivity contribution in [1.82, 2.24) is 9.97 Å². The first kappa shape index (κ1) is 12.6. The summed E-state index contributed by atoms with van der Waals surface area (Å²) < 4.78 is 39.1. The number of aromatic amines is 1. The summed E-state index contributed by atoms with van der Waals surface area (Å²) in [7, 11) is 0. The van der Waals surface area contributed by atoms with Crippen LogP contribution in [0, 0.1) is 17.5 Å². The first-order valence-corrected chi connectivity index (χ1v) is 5.43. The lowest BCUT2D eigenvalue weighted by Crippen LogP contribution is -2.10. The maximum absolute atomic E-state index is 13.4. The zero-order chi connectivity index (χ0) is 13.3. The molecule has 0 unspecified atom stereocenters. The van der Waals surface area contributed by atoms with Crippen LogP contribution in [-0.2, 0) is 0 Å². The zero-order valence-electron chi connectivity index (χ0n) is 8.60. The molecule has 0 aliphatic rings. The Labute approximate surface area is 107 Å². The summed E-state index contributed by atoms with van der Waals surface area (Å²) in [6, 6.07) is 1.04. The van der Waals surface area contributed by atoms with Gasteiger partial charge in [-0.25, -0.2) is 18.2 Å². The van der Waals surface area contributed by atoms with Gasteiger partial charge in [0, 0.05) is 12.1 Å². The van der Waals surface area contributed by atoms with Crippen molar-refractivity contribution in [3.63, 3.8) is 0 Å². The van der Waals surface area contributed by atoms with Crippen molar-refractivity contribution in [2.45, 2.75) is 0 Å². The number of nitrogens with one attached hydrogen (secondary N) is 2. The zero-order valence-corrected chi connectivity index (χ0v) is 10.2. The lowest BCUT2D eigenvalue weighted by Gasteiger charge is -2.08. The summed E-state index contributed by atoms with van der Waals surface area (Å²) in [6.45, 7) is 0. The number of nitrogens with zero attached hydrogens (tertiary/aromatic N) is 1. The van der Waals surface area contributed by atoms with E-state index in [2.05, 4.69) is 31.2 Å². The maximum Gasteiger partial charge on any atom is 0.267 e. The van der Waals surface area contributed by atoms with Crippen LogP contribution in [0.4, 0.5) is 24.7 Å². The predicted molar refractivity (Wildman–Crippen MR) is 62.2 cm³/mol. The van der Waals surface area contributed by atoms with Crippen LogP contribution in [0.5, 0.6) is 0 Å². The highest BCUT2D eigenvalue weighted by Gasteiger charge is 2.12. The fraction of sp³-hybridized carbons (Fsp3) is 0. The molecule has 0 amide bonds. The van der Waals surface area contributed by atoms with Crippen molar-refractivity contribution in [2.24, 2.45) is 0 Å². The van der Waals surface area contributed by atoms with Gasteiger partial charge in [-0.2, -0.15) is 0 Å². The molecule has 2 rings (SSSR count). The highest BCUT2D eigenvalue weighted by molar-refractivity contribution is 9.10. The Kier molecular flexibility index (Phi) is 3.37. The second-order valence-electron chi connectivity index (χ2n) is 3.27. The minimum atomic E-state index is -1.30. The molecule has 18 heavy (non-hydrogen) atoms. The third kappa shape index (κ3) is 2.37. The Balaban J connectivity index is 2.43. The quantitative estimate of drug-likeness (QED) is 0.837. The van der Waals surface area contributed by atoms with Crippen LogP contribution in [0.1, 0.15) is 0 Å². The number of halogens is 4. The number of benzene rings is 1. The van der Waals surface area contributed by atoms with Gasteiger partial charge in [0.05, 0.1) is 12.0 Å². The highest BCUT2D eigenvalue weighted by Crippen LogP contribution is 2.24. The molecule has 0 aliphatic heterocycles. The smallest absolute Gasteiger partial charge is 0.267 e. The molecule has 0 fully saturated rings. The van der Waals surface area contributed by atoms with Crippen molar-refractivity contribution >= 4 is 27.4 Å². The molecule has 0 aliphatic carbocycles. The Morgan fingerprint density at radius 2 is 1.83 bits per heavy atom. The summed E-state index contributed by atoms with van der Waals surface area (Å²) in [5.74, 6) is -3.51. The van der Waals surface area contributed by atoms with E-state index in [1.807, 2.05) is 0 Å². The molecule has 0 spiro atoms. The molecule has 2 aromatic rings. The minimum Gasteiger partial charge on any atom is -0.337 e. The number of anilines is 2. The van der Waals surface area contributed by atoms with Crippen LogP contribution >= 0.6 is 15.9 Å². The molecule has 1 aromatic carbocycles. The van der Waals surface area contributed by atoms with E-state index in [-0.39, 0.29) is 16.0 Å². The van der Waals surface area contributed by atoms with E-state index in [0.717, 1.165) is 6.33 Å². The van der Waals surface area contributed by atoms with Gasteiger partial charge in [-0.1, -0.05) is 0 Å². The van der Waals surface area contributed by atoms with Gasteiger partial charge >= 0.3 is 0 Å².